The minimum Gasteiger partial charge on any atom is -0.390 e. The van der Waals surface area contributed by atoms with Crippen LogP contribution in [0.5, 0.6) is 0 Å². The fourth-order valence-electron chi connectivity index (χ4n) is 2.77. The monoisotopic (exact) mass is 259 g/mol. The third kappa shape index (κ3) is 1.83. The summed E-state index contributed by atoms with van der Waals surface area (Å²) in [7, 11) is 0. The van der Waals surface area contributed by atoms with E-state index in [0.717, 1.165) is 0 Å². The Balaban J connectivity index is 1.73. The first kappa shape index (κ1) is 12.3. The zero-order valence-corrected chi connectivity index (χ0v) is 10.2. The number of hydrogen-bond acceptors (Lipinski definition) is 6. The second kappa shape index (κ2) is 3.88. The van der Waals surface area contributed by atoms with Crippen LogP contribution < -0.4 is 5.32 Å². The van der Waals surface area contributed by atoms with Crippen molar-refractivity contribution in [1.82, 2.24) is 5.32 Å². The molecule has 102 valence electrons. The maximum Gasteiger partial charge on any atom is 0.223 e. The van der Waals surface area contributed by atoms with Crippen molar-refractivity contribution in [3.63, 3.8) is 0 Å². The molecule has 0 aromatic carbocycles. The number of rotatable bonds is 1. The maximum absolute atomic E-state index is 11.2. The van der Waals surface area contributed by atoms with Crippen LogP contribution in [0.4, 0.5) is 0 Å². The van der Waals surface area contributed by atoms with Crippen molar-refractivity contribution in [2.45, 2.75) is 62.8 Å². The first-order valence-corrected chi connectivity index (χ1v) is 6.04. The summed E-state index contributed by atoms with van der Waals surface area (Å²) in [6, 6.07) is -0.617. The summed E-state index contributed by atoms with van der Waals surface area (Å²) in [5.74, 6) is -1.04. The molecule has 7 heteroatoms. The molecule has 0 saturated carbocycles. The topological polar surface area (TPSA) is 97.3 Å². The second-order valence-electron chi connectivity index (χ2n) is 5.42. The highest BCUT2D eigenvalue weighted by Gasteiger charge is 2.57. The van der Waals surface area contributed by atoms with Crippen LogP contribution in [0, 0.1) is 0 Å². The lowest BCUT2D eigenvalue weighted by atomic mass is 10.0. The normalized spacial score (nSPS) is 50.3. The number of hydrogen-bond donors (Lipinski definition) is 3. The molecule has 18 heavy (non-hydrogen) atoms. The Hall–Kier alpha value is -0.730. The van der Waals surface area contributed by atoms with Gasteiger partial charge in [-0.2, -0.15) is 0 Å². The lowest BCUT2D eigenvalue weighted by Crippen LogP contribution is -2.49. The van der Waals surface area contributed by atoms with E-state index in [9.17, 15) is 15.0 Å². The van der Waals surface area contributed by atoms with Crippen molar-refractivity contribution < 1.29 is 29.2 Å². The van der Waals surface area contributed by atoms with Gasteiger partial charge < -0.3 is 29.7 Å². The summed E-state index contributed by atoms with van der Waals surface area (Å²) in [4.78, 5) is 11.2. The van der Waals surface area contributed by atoms with Gasteiger partial charge in [-0.25, -0.2) is 0 Å². The van der Waals surface area contributed by atoms with E-state index >= 15 is 0 Å². The van der Waals surface area contributed by atoms with Gasteiger partial charge in [0.25, 0.3) is 0 Å². The van der Waals surface area contributed by atoms with E-state index in [-0.39, 0.29) is 12.3 Å². The predicted octanol–water partition coefficient (Wildman–Crippen LogP) is -1.53. The molecule has 1 amide bonds. The lowest BCUT2D eigenvalue weighted by molar-refractivity contribution is -0.219. The van der Waals surface area contributed by atoms with Gasteiger partial charge in [0, 0.05) is 0 Å². The molecule has 3 fully saturated rings. The summed E-state index contributed by atoms with van der Waals surface area (Å²) < 4.78 is 16.6. The van der Waals surface area contributed by atoms with E-state index in [0.29, 0.717) is 0 Å². The van der Waals surface area contributed by atoms with Crippen LogP contribution in [0.25, 0.3) is 0 Å². The number of fused-ring (bicyclic) bond motifs is 1. The summed E-state index contributed by atoms with van der Waals surface area (Å²) in [6.07, 6.45) is -3.73. The van der Waals surface area contributed by atoms with Gasteiger partial charge in [0.15, 0.2) is 12.1 Å². The predicted molar refractivity (Wildman–Crippen MR) is 57.3 cm³/mol. The third-order valence-electron chi connectivity index (χ3n) is 3.54. The average molecular weight is 259 g/mol. The molecule has 0 aliphatic carbocycles. The molecule has 0 radical (unpaired) electrons. The van der Waals surface area contributed by atoms with Crippen molar-refractivity contribution in [2.75, 3.05) is 0 Å². The molecule has 6 atom stereocenters. The molecule has 1 unspecified atom stereocenters. The van der Waals surface area contributed by atoms with Crippen LogP contribution in [0.2, 0.25) is 0 Å². The SMILES string of the molecule is CC1(C)O[C@H]2OC([C@@H]3NC(=O)C[C@@H]3O)[C@H](O)[C@H]2O1. The van der Waals surface area contributed by atoms with Crippen molar-refractivity contribution in [2.24, 2.45) is 0 Å². The molecule has 3 rings (SSSR count). The minimum atomic E-state index is -0.935. The van der Waals surface area contributed by atoms with E-state index in [1.165, 1.54) is 0 Å². The number of nitrogens with one attached hydrogen (secondary N) is 1. The molecule has 0 aromatic heterocycles. The summed E-state index contributed by atoms with van der Waals surface area (Å²) >= 11 is 0. The van der Waals surface area contributed by atoms with Gasteiger partial charge >= 0.3 is 0 Å². The van der Waals surface area contributed by atoms with Gasteiger partial charge in [0.1, 0.15) is 18.3 Å². The van der Waals surface area contributed by atoms with Crippen molar-refractivity contribution in [3.8, 4) is 0 Å². The largest absolute Gasteiger partial charge is 0.390 e. The first-order valence-electron chi connectivity index (χ1n) is 6.04. The molecule has 0 spiro atoms. The van der Waals surface area contributed by atoms with Crippen LogP contribution in [0.1, 0.15) is 20.3 Å². The molecule has 3 saturated heterocycles. The summed E-state index contributed by atoms with van der Waals surface area (Å²) in [5.41, 5.74) is 0. The van der Waals surface area contributed by atoms with E-state index in [1.807, 2.05) is 0 Å². The molecule has 3 heterocycles. The summed E-state index contributed by atoms with van der Waals surface area (Å²) in [5, 5.41) is 22.5. The van der Waals surface area contributed by atoms with Gasteiger partial charge in [0.05, 0.1) is 18.6 Å². The highest BCUT2D eigenvalue weighted by molar-refractivity contribution is 5.79. The Labute approximate surface area is 104 Å². The molecule has 3 aliphatic rings. The second-order valence-corrected chi connectivity index (χ2v) is 5.42. The Morgan fingerprint density at radius 1 is 1.28 bits per heavy atom. The number of aliphatic hydroxyl groups is 2. The Morgan fingerprint density at radius 2 is 2.00 bits per heavy atom. The molecule has 3 N–H and O–H groups in total. The number of aliphatic hydroxyl groups excluding tert-OH is 2. The van der Waals surface area contributed by atoms with E-state index < -0.39 is 42.5 Å². The van der Waals surface area contributed by atoms with E-state index in [1.54, 1.807) is 13.8 Å². The highest BCUT2D eigenvalue weighted by atomic mass is 16.8. The fraction of sp³-hybridized carbons (Fsp3) is 0.909. The standard InChI is InChI=1S/C11H17NO6/c1-11(2)17-9-7(15)8(16-10(9)18-11)6-4(13)3-5(14)12-6/h4,6-10,13,15H,3H2,1-2H3,(H,12,14)/t4-,6+,7-,8?,9+,10+/m0/s1. The van der Waals surface area contributed by atoms with Gasteiger partial charge in [0.2, 0.25) is 5.91 Å². The third-order valence-corrected chi connectivity index (χ3v) is 3.54. The number of carbonyl (C=O) groups is 1. The number of amides is 1. The van der Waals surface area contributed by atoms with Gasteiger partial charge in [-0.1, -0.05) is 0 Å². The number of ether oxygens (including phenoxy) is 3. The Bertz CT molecular complexity index is 373. The Morgan fingerprint density at radius 3 is 2.56 bits per heavy atom. The van der Waals surface area contributed by atoms with Crippen LogP contribution in [-0.4, -0.2) is 58.7 Å². The Kier molecular flexibility index (Phi) is 2.65. The van der Waals surface area contributed by atoms with Gasteiger partial charge in [-0.05, 0) is 13.8 Å². The first-order chi connectivity index (χ1) is 8.37. The quantitative estimate of drug-likeness (QED) is 0.529. The average Bonchev–Trinajstić information content (AvgIpc) is 2.81. The molecular weight excluding hydrogens is 242 g/mol. The molecule has 0 aromatic rings. The molecule has 3 aliphatic heterocycles. The zero-order chi connectivity index (χ0) is 13.1. The van der Waals surface area contributed by atoms with Crippen LogP contribution in [-0.2, 0) is 19.0 Å². The fourth-order valence-corrected chi connectivity index (χ4v) is 2.77. The van der Waals surface area contributed by atoms with E-state index in [2.05, 4.69) is 5.32 Å². The number of carbonyl (C=O) groups excluding carboxylic acids is 1. The molecule has 0 bridgehead atoms. The maximum atomic E-state index is 11.2. The smallest absolute Gasteiger partial charge is 0.223 e. The van der Waals surface area contributed by atoms with Crippen LogP contribution >= 0.6 is 0 Å². The molecule has 7 nitrogen and oxygen atoms in total. The van der Waals surface area contributed by atoms with Crippen molar-refractivity contribution in [3.05, 3.63) is 0 Å². The lowest BCUT2D eigenvalue weighted by Gasteiger charge is -2.27. The van der Waals surface area contributed by atoms with Crippen molar-refractivity contribution >= 4 is 5.91 Å². The van der Waals surface area contributed by atoms with Crippen LogP contribution in [0.15, 0.2) is 0 Å². The minimum absolute atomic E-state index is 0.0276. The van der Waals surface area contributed by atoms with E-state index in [4.69, 9.17) is 14.2 Å². The highest BCUT2D eigenvalue weighted by Crippen LogP contribution is 2.39. The summed E-state index contributed by atoms with van der Waals surface area (Å²) in [6.45, 7) is 3.48. The van der Waals surface area contributed by atoms with Gasteiger partial charge in [-0.3, -0.25) is 4.79 Å². The van der Waals surface area contributed by atoms with Crippen molar-refractivity contribution in [1.29, 1.82) is 0 Å². The van der Waals surface area contributed by atoms with Crippen LogP contribution in [0.3, 0.4) is 0 Å². The van der Waals surface area contributed by atoms with Gasteiger partial charge in [-0.15, -0.1) is 0 Å². The zero-order valence-electron chi connectivity index (χ0n) is 10.2. The molecular formula is C11H17NO6.